The fraction of sp³-hybridized carbons (Fsp3) is 0.222. The molecule has 5 heterocycles. The summed E-state index contributed by atoms with van der Waals surface area (Å²) in [6, 6.07) is 19.4. The third-order valence-electron chi connectivity index (χ3n) is 14.8. The molecule has 2 aliphatic heterocycles. The molecule has 0 amide bonds. The summed E-state index contributed by atoms with van der Waals surface area (Å²) in [6.07, 6.45) is 9.90. The average molecular weight is 1560 g/mol. The number of aromatic nitrogens is 4. The molecule has 0 fully saturated rings. The van der Waals surface area contributed by atoms with Gasteiger partial charge < -0.3 is 47.9 Å². The van der Waals surface area contributed by atoms with E-state index in [0.717, 1.165) is 0 Å². The number of esters is 8. The number of benzene rings is 4. The summed E-state index contributed by atoms with van der Waals surface area (Å²) < 4.78 is 46.2. The van der Waals surface area contributed by atoms with Crippen molar-refractivity contribution in [3.8, 4) is 44.5 Å². The quantitative estimate of drug-likeness (QED) is 0.0363. The number of aromatic amines is 2. The highest BCUT2D eigenvalue weighted by Crippen LogP contribution is 2.46. The second kappa shape index (κ2) is 31.5. The van der Waals surface area contributed by atoms with E-state index in [-0.39, 0.29) is 205 Å². The van der Waals surface area contributed by atoms with Crippen LogP contribution in [0, 0.1) is 0 Å². The maximum atomic E-state index is 14.9. The maximum Gasteiger partial charge on any atom is 0.340 e. The minimum absolute atomic E-state index is 0.0602. The van der Waals surface area contributed by atoms with Crippen molar-refractivity contribution in [1.29, 1.82) is 0 Å². The van der Waals surface area contributed by atoms with Crippen LogP contribution in [0.4, 0.5) is 0 Å². The smallest absolute Gasteiger partial charge is 0.340 e. The highest BCUT2D eigenvalue weighted by Gasteiger charge is 2.35. The van der Waals surface area contributed by atoms with E-state index < -0.39 is 47.8 Å². The Balaban J connectivity index is 1.67. The molecule has 2 N–H and O–H groups in total. The fourth-order valence-corrected chi connectivity index (χ4v) is 13.1. The van der Waals surface area contributed by atoms with Crippen LogP contribution in [0.2, 0.25) is 0 Å². The first-order valence-electron chi connectivity index (χ1n) is 30.4. The molecule has 96 heavy (non-hydrogen) atoms. The SMILES string of the molecule is C=C/C=C/C1=Cc2nc1c(-c1ccc(Br)c(C(=O)OCC)c1C(=O)OCC)c1ccc([nH]1)c(-c1ccc(Br)c(C(=O)OCC)c1C(=O)OCC)c1nc(c(-c3ccc(Br)c(C(=O)OCC)c3C(=O)OCC)c3ccc([nH]3)c2-c2ccc(Br)c(C(=O)OCC)c2C(=O)OCC)C=C1. The zero-order chi connectivity index (χ0) is 69.2. The molecular formula is C72H62Br4N4O16. The Labute approximate surface area is 585 Å². The Morgan fingerprint density at radius 1 is 0.365 bits per heavy atom. The van der Waals surface area contributed by atoms with Crippen molar-refractivity contribution in [2.45, 2.75) is 55.4 Å². The summed E-state index contributed by atoms with van der Waals surface area (Å²) in [5.74, 6) is -7.07. The molecule has 494 valence electrons. The van der Waals surface area contributed by atoms with Gasteiger partial charge in [0.2, 0.25) is 0 Å². The summed E-state index contributed by atoms with van der Waals surface area (Å²) in [5, 5.41) is 0. The molecule has 0 atom stereocenters. The topological polar surface area (TPSA) is 268 Å². The van der Waals surface area contributed by atoms with E-state index in [4.69, 9.17) is 47.9 Å². The molecule has 0 saturated carbocycles. The van der Waals surface area contributed by atoms with Crippen molar-refractivity contribution in [1.82, 2.24) is 19.9 Å². The van der Waals surface area contributed by atoms with Crippen LogP contribution in [0.5, 0.6) is 0 Å². The summed E-state index contributed by atoms with van der Waals surface area (Å²) >= 11 is 14.1. The van der Waals surface area contributed by atoms with Gasteiger partial charge in [-0.2, -0.15) is 0 Å². The molecule has 4 aromatic carbocycles. The number of fused-ring (bicyclic) bond motifs is 8. The highest BCUT2D eigenvalue weighted by molar-refractivity contribution is 9.11. The number of hydrogen-bond acceptors (Lipinski definition) is 18. The summed E-state index contributed by atoms with van der Waals surface area (Å²) in [4.78, 5) is 134. The lowest BCUT2D eigenvalue weighted by molar-refractivity contribution is 0.0478. The Kier molecular flexibility index (Phi) is 23.3. The highest BCUT2D eigenvalue weighted by atomic mass is 79.9. The van der Waals surface area contributed by atoms with E-state index in [1.165, 1.54) is 6.08 Å². The van der Waals surface area contributed by atoms with Crippen molar-refractivity contribution in [3.05, 3.63) is 183 Å². The van der Waals surface area contributed by atoms with E-state index in [1.807, 2.05) is 0 Å². The molecule has 0 aliphatic carbocycles. The predicted octanol–water partition coefficient (Wildman–Crippen LogP) is 16.9. The molecule has 24 heteroatoms. The fourth-order valence-electron chi connectivity index (χ4n) is 11.2. The van der Waals surface area contributed by atoms with E-state index in [0.29, 0.717) is 5.57 Å². The van der Waals surface area contributed by atoms with Gasteiger partial charge in [0.25, 0.3) is 0 Å². The van der Waals surface area contributed by atoms with Gasteiger partial charge in [-0.1, -0.05) is 49.1 Å². The first-order chi connectivity index (χ1) is 46.3. The van der Waals surface area contributed by atoms with Crippen LogP contribution < -0.4 is 0 Å². The van der Waals surface area contributed by atoms with Crippen molar-refractivity contribution in [3.63, 3.8) is 0 Å². The zero-order valence-electron chi connectivity index (χ0n) is 53.2. The van der Waals surface area contributed by atoms with Crippen molar-refractivity contribution < 1.29 is 76.3 Å². The lowest BCUT2D eigenvalue weighted by Gasteiger charge is -2.17. The standard InChI is InChI=1S/C72H62Br4N4O16/c1-10-19-20-36-35-51-54(39-23-27-43(75)62(71(87)95-17-8)58(39)67(83)91-13-4)49-32-31-47(78-49)52(37-21-25-41(73)60(69(85)93-15-6)56(37)65(81)89-11-2)45-29-30-46(77-45)53(38-22-26-42(74)61(70(86)94-16-7)57(38)66(82)90-12-3)48-33-34-50(79-48)55(64(36)80-51)40-24-28-44(76)63(72(88)96-18-9)59(40)68(84)92-14-5/h10,19-35,78-79H,1,11-18H2,2-9H3/b20-19+,52-45?,52-47?,53-46?,53-48?,54-49?,54-51?,55-50?,64-55?. The van der Waals surface area contributed by atoms with Crippen LogP contribution in [-0.2, 0) is 37.9 Å². The van der Waals surface area contributed by atoms with Gasteiger partial charge in [-0.05, 0) is 186 Å². The van der Waals surface area contributed by atoms with Gasteiger partial charge in [0, 0.05) is 90.0 Å². The minimum atomic E-state index is -0.913. The van der Waals surface area contributed by atoms with Gasteiger partial charge in [-0.15, -0.1) is 0 Å². The monoisotopic (exact) mass is 1550 g/mol. The number of carbonyl (C=O) groups excluding carboxylic acids is 8. The summed E-state index contributed by atoms with van der Waals surface area (Å²) in [5.41, 5.74) is 1.41. The van der Waals surface area contributed by atoms with E-state index >= 15 is 0 Å². The van der Waals surface area contributed by atoms with Gasteiger partial charge in [-0.25, -0.2) is 48.3 Å². The van der Waals surface area contributed by atoms with Crippen LogP contribution in [0.1, 0.15) is 161 Å². The van der Waals surface area contributed by atoms with Gasteiger partial charge >= 0.3 is 47.8 Å². The van der Waals surface area contributed by atoms with E-state index in [2.05, 4.69) is 80.3 Å². The van der Waals surface area contributed by atoms with Crippen LogP contribution in [0.25, 0.3) is 90.4 Å². The number of H-pyrrole nitrogens is 2. The Bertz CT molecular complexity index is 4670. The second-order valence-electron chi connectivity index (χ2n) is 20.5. The molecule has 0 saturated heterocycles. The van der Waals surface area contributed by atoms with Gasteiger partial charge in [0.1, 0.15) is 0 Å². The molecule has 3 aromatic heterocycles. The van der Waals surface area contributed by atoms with Crippen LogP contribution >= 0.6 is 63.7 Å². The molecule has 9 rings (SSSR count). The van der Waals surface area contributed by atoms with Crippen LogP contribution in [0.3, 0.4) is 0 Å². The number of rotatable bonds is 22. The van der Waals surface area contributed by atoms with Gasteiger partial charge in [0.05, 0.1) is 120 Å². The molecular weight excluding hydrogens is 1500 g/mol. The molecule has 0 unspecified atom stereocenters. The molecule has 0 spiro atoms. The van der Waals surface area contributed by atoms with Gasteiger partial charge in [-0.3, -0.25) is 0 Å². The van der Waals surface area contributed by atoms with Crippen molar-refractivity contribution >= 4 is 157 Å². The first kappa shape index (κ1) is 70.9. The molecule has 8 bridgehead atoms. The largest absolute Gasteiger partial charge is 0.462 e. The summed E-state index contributed by atoms with van der Waals surface area (Å²) in [7, 11) is 0. The Morgan fingerprint density at radius 2 is 0.625 bits per heavy atom. The Morgan fingerprint density at radius 3 is 0.906 bits per heavy atom. The second-order valence-corrected chi connectivity index (χ2v) is 23.9. The third-order valence-corrected chi connectivity index (χ3v) is 17.5. The number of halogens is 4. The molecule has 0 radical (unpaired) electrons. The molecule has 7 aromatic rings. The summed E-state index contributed by atoms with van der Waals surface area (Å²) in [6.45, 7) is 16.2. The molecule has 20 nitrogen and oxygen atoms in total. The number of nitrogens with one attached hydrogen (secondary N) is 2. The van der Waals surface area contributed by atoms with Crippen LogP contribution in [-0.4, -0.2) is 121 Å². The van der Waals surface area contributed by atoms with Gasteiger partial charge in [0.15, 0.2) is 0 Å². The Hall–Kier alpha value is -9.36. The number of nitrogens with zero attached hydrogens (tertiary/aromatic N) is 2. The number of ether oxygens (including phenoxy) is 8. The molecule has 2 aliphatic rings. The predicted molar refractivity (Wildman–Crippen MR) is 377 cm³/mol. The van der Waals surface area contributed by atoms with Crippen molar-refractivity contribution in [2.24, 2.45) is 0 Å². The average Bonchev–Trinajstić information content (AvgIpc) is 1.43. The lowest BCUT2D eigenvalue weighted by Crippen LogP contribution is -2.17. The van der Waals surface area contributed by atoms with Crippen molar-refractivity contribution in [2.75, 3.05) is 52.9 Å². The first-order valence-corrected chi connectivity index (χ1v) is 33.6. The number of allylic oxidation sites excluding steroid dienone is 4. The minimum Gasteiger partial charge on any atom is -0.462 e. The van der Waals surface area contributed by atoms with E-state index in [9.17, 15) is 38.4 Å². The lowest BCUT2D eigenvalue weighted by atomic mass is 9.92. The maximum absolute atomic E-state index is 14.9. The zero-order valence-corrected chi connectivity index (χ0v) is 59.5. The van der Waals surface area contributed by atoms with Crippen LogP contribution in [0.15, 0.2) is 115 Å². The normalized spacial score (nSPS) is 11.6. The number of carbonyl (C=O) groups is 8. The third kappa shape index (κ3) is 14.0. The van der Waals surface area contributed by atoms with E-state index in [1.54, 1.807) is 159 Å². The number of hydrogen-bond donors (Lipinski definition) is 2.